The van der Waals surface area contributed by atoms with Gasteiger partial charge in [-0.3, -0.25) is 9.59 Å². The molecule has 0 aliphatic heterocycles. The predicted octanol–water partition coefficient (Wildman–Crippen LogP) is 3.97. The Kier molecular flexibility index (Phi) is 3.40. The summed E-state index contributed by atoms with van der Waals surface area (Å²) in [4.78, 5) is 23.3. The Morgan fingerprint density at radius 1 is 1.15 bits per heavy atom. The van der Waals surface area contributed by atoms with Crippen LogP contribution in [0, 0.1) is 0 Å². The van der Waals surface area contributed by atoms with Crippen LogP contribution in [0.15, 0.2) is 35.1 Å². The van der Waals surface area contributed by atoms with Crippen molar-refractivity contribution in [2.24, 2.45) is 0 Å². The van der Waals surface area contributed by atoms with Crippen molar-refractivity contribution in [1.82, 2.24) is 4.57 Å². The van der Waals surface area contributed by atoms with Crippen LogP contribution in [0.25, 0.3) is 11.3 Å². The molecule has 1 fully saturated rings. The molecule has 1 aromatic heterocycles. The molecule has 0 atom stereocenters. The van der Waals surface area contributed by atoms with E-state index in [1.54, 1.807) is 28.8 Å². The SMILES string of the molecule is O=Cc1ccc(-c2cc(Cl)ccc2Cl)n(C2CC2)c1=O. The summed E-state index contributed by atoms with van der Waals surface area (Å²) >= 11 is 12.2. The van der Waals surface area contributed by atoms with E-state index in [9.17, 15) is 9.59 Å². The van der Waals surface area contributed by atoms with Crippen LogP contribution < -0.4 is 5.56 Å². The number of nitrogens with zero attached hydrogens (tertiary/aromatic N) is 1. The molecule has 0 amide bonds. The summed E-state index contributed by atoms with van der Waals surface area (Å²) in [5, 5.41) is 1.08. The van der Waals surface area contributed by atoms with Crippen molar-refractivity contribution in [3.05, 3.63) is 56.3 Å². The summed E-state index contributed by atoms with van der Waals surface area (Å²) in [5.41, 5.74) is 1.31. The average Bonchev–Trinajstić information content (AvgIpc) is 3.25. The van der Waals surface area contributed by atoms with Gasteiger partial charge in [-0.25, -0.2) is 0 Å². The van der Waals surface area contributed by atoms with Gasteiger partial charge in [0.05, 0.1) is 11.3 Å². The van der Waals surface area contributed by atoms with E-state index in [1.807, 2.05) is 0 Å². The lowest BCUT2D eigenvalue weighted by Gasteiger charge is -2.14. The molecule has 1 aromatic carbocycles. The minimum absolute atomic E-state index is 0.146. The Balaban J connectivity index is 2.28. The maximum atomic E-state index is 12.3. The quantitative estimate of drug-likeness (QED) is 0.805. The number of hydrogen-bond acceptors (Lipinski definition) is 2. The Hall–Kier alpha value is -1.58. The second kappa shape index (κ2) is 5.08. The summed E-state index contributed by atoms with van der Waals surface area (Å²) in [5.74, 6) is 0. The van der Waals surface area contributed by atoms with E-state index in [1.165, 1.54) is 6.07 Å². The molecule has 0 bridgehead atoms. The van der Waals surface area contributed by atoms with Crippen LogP contribution in [0.5, 0.6) is 0 Å². The van der Waals surface area contributed by atoms with Crippen molar-refractivity contribution in [3.8, 4) is 11.3 Å². The Bertz CT molecular complexity index is 748. The molecule has 0 spiro atoms. The fourth-order valence-corrected chi connectivity index (χ4v) is 2.65. The van der Waals surface area contributed by atoms with Crippen molar-refractivity contribution in [1.29, 1.82) is 0 Å². The van der Waals surface area contributed by atoms with Gasteiger partial charge in [-0.2, -0.15) is 0 Å². The van der Waals surface area contributed by atoms with Gasteiger partial charge in [-0.05, 0) is 43.2 Å². The second-order valence-corrected chi connectivity index (χ2v) is 5.67. The Morgan fingerprint density at radius 2 is 1.90 bits per heavy atom. The molecular formula is C15H11Cl2NO2. The summed E-state index contributed by atoms with van der Waals surface area (Å²) in [6.07, 6.45) is 2.46. The number of pyridine rings is 1. The third kappa shape index (κ3) is 2.28. The predicted molar refractivity (Wildman–Crippen MR) is 79.8 cm³/mol. The molecule has 1 aliphatic carbocycles. The number of hydrogen-bond donors (Lipinski definition) is 0. The number of carbonyl (C=O) groups excluding carboxylic acids is 1. The zero-order valence-corrected chi connectivity index (χ0v) is 12.0. The van der Waals surface area contributed by atoms with E-state index in [4.69, 9.17) is 23.2 Å². The van der Waals surface area contributed by atoms with Crippen LogP contribution >= 0.6 is 23.2 Å². The van der Waals surface area contributed by atoms with Crippen molar-refractivity contribution in [2.45, 2.75) is 18.9 Å². The van der Waals surface area contributed by atoms with Crippen LogP contribution in [-0.2, 0) is 0 Å². The maximum Gasteiger partial charge on any atom is 0.261 e. The van der Waals surface area contributed by atoms with Crippen LogP contribution in [0.2, 0.25) is 10.0 Å². The van der Waals surface area contributed by atoms with Crippen molar-refractivity contribution < 1.29 is 4.79 Å². The molecule has 0 unspecified atom stereocenters. The van der Waals surface area contributed by atoms with Gasteiger partial charge in [-0.15, -0.1) is 0 Å². The van der Waals surface area contributed by atoms with E-state index in [-0.39, 0.29) is 17.2 Å². The number of aromatic nitrogens is 1. The normalized spacial score (nSPS) is 14.3. The Morgan fingerprint density at radius 3 is 2.55 bits per heavy atom. The van der Waals surface area contributed by atoms with Gasteiger partial charge >= 0.3 is 0 Å². The van der Waals surface area contributed by atoms with Crippen LogP contribution in [0.4, 0.5) is 0 Å². The summed E-state index contributed by atoms with van der Waals surface area (Å²) in [6, 6.07) is 8.56. The standard InChI is InChI=1S/C15H11Cl2NO2/c16-10-2-5-13(17)12(7-10)14-6-1-9(8-19)15(20)18(14)11-3-4-11/h1-2,5-8,11H,3-4H2. The zero-order chi connectivity index (χ0) is 14.3. The van der Waals surface area contributed by atoms with E-state index in [0.717, 1.165) is 12.8 Å². The van der Waals surface area contributed by atoms with Crippen molar-refractivity contribution >= 4 is 29.5 Å². The summed E-state index contributed by atoms with van der Waals surface area (Å²) in [7, 11) is 0. The number of carbonyl (C=O) groups is 1. The smallest absolute Gasteiger partial charge is 0.261 e. The highest BCUT2D eigenvalue weighted by Crippen LogP contribution is 2.39. The van der Waals surface area contributed by atoms with Gasteiger partial charge in [0.2, 0.25) is 0 Å². The van der Waals surface area contributed by atoms with Gasteiger partial charge in [0.1, 0.15) is 0 Å². The fraction of sp³-hybridized carbons (Fsp3) is 0.200. The van der Waals surface area contributed by atoms with Crippen molar-refractivity contribution in [2.75, 3.05) is 0 Å². The number of halogens is 2. The molecule has 3 nitrogen and oxygen atoms in total. The fourth-order valence-electron chi connectivity index (χ4n) is 2.27. The van der Waals surface area contributed by atoms with Gasteiger partial charge in [0.15, 0.2) is 6.29 Å². The molecule has 2 aromatic rings. The van der Waals surface area contributed by atoms with Gasteiger partial charge < -0.3 is 4.57 Å². The molecule has 5 heteroatoms. The topological polar surface area (TPSA) is 39.1 Å². The minimum atomic E-state index is -0.268. The molecule has 1 heterocycles. The van der Waals surface area contributed by atoms with E-state index in [0.29, 0.717) is 27.6 Å². The largest absolute Gasteiger partial charge is 0.305 e. The molecule has 0 N–H and O–H groups in total. The number of benzene rings is 1. The van der Waals surface area contributed by atoms with Gasteiger partial charge in [0.25, 0.3) is 5.56 Å². The summed E-state index contributed by atoms with van der Waals surface area (Å²) < 4.78 is 1.65. The first-order valence-corrected chi connectivity index (χ1v) is 7.03. The molecule has 0 saturated heterocycles. The molecule has 20 heavy (non-hydrogen) atoms. The molecule has 102 valence electrons. The first kappa shape index (κ1) is 13.4. The summed E-state index contributed by atoms with van der Waals surface area (Å²) in [6.45, 7) is 0. The van der Waals surface area contributed by atoms with Crippen LogP contribution in [-0.4, -0.2) is 10.9 Å². The maximum absolute atomic E-state index is 12.3. The van der Waals surface area contributed by atoms with E-state index in [2.05, 4.69) is 0 Å². The highest BCUT2D eigenvalue weighted by molar-refractivity contribution is 6.35. The lowest BCUT2D eigenvalue weighted by molar-refractivity contribution is 0.112. The van der Waals surface area contributed by atoms with Crippen LogP contribution in [0.3, 0.4) is 0 Å². The molecule has 1 aliphatic rings. The first-order chi connectivity index (χ1) is 9.61. The highest BCUT2D eigenvalue weighted by Gasteiger charge is 2.28. The van der Waals surface area contributed by atoms with E-state index >= 15 is 0 Å². The third-order valence-electron chi connectivity index (χ3n) is 3.39. The monoisotopic (exact) mass is 307 g/mol. The number of aldehydes is 1. The number of rotatable bonds is 3. The first-order valence-electron chi connectivity index (χ1n) is 6.28. The van der Waals surface area contributed by atoms with Crippen LogP contribution in [0.1, 0.15) is 29.2 Å². The van der Waals surface area contributed by atoms with Gasteiger partial charge in [-0.1, -0.05) is 23.2 Å². The van der Waals surface area contributed by atoms with E-state index < -0.39 is 0 Å². The van der Waals surface area contributed by atoms with Crippen molar-refractivity contribution in [3.63, 3.8) is 0 Å². The second-order valence-electron chi connectivity index (χ2n) is 4.82. The molecule has 0 radical (unpaired) electrons. The Labute approximate surface area is 125 Å². The third-order valence-corrected chi connectivity index (χ3v) is 3.95. The zero-order valence-electron chi connectivity index (χ0n) is 10.5. The molecular weight excluding hydrogens is 297 g/mol. The molecule has 1 saturated carbocycles. The highest BCUT2D eigenvalue weighted by atomic mass is 35.5. The average molecular weight is 308 g/mol. The lowest BCUT2D eigenvalue weighted by Crippen LogP contribution is -2.24. The molecule has 3 rings (SSSR count). The lowest BCUT2D eigenvalue weighted by atomic mass is 10.1. The minimum Gasteiger partial charge on any atom is -0.305 e. The van der Waals surface area contributed by atoms with Gasteiger partial charge in [0, 0.05) is 21.7 Å².